The topological polar surface area (TPSA) is 79.5 Å². The first kappa shape index (κ1) is 20.3. The standard InChI is InChI=1S/C21H20F3N3O3/c1-12-18-16(20(29)27(7-8-28)11-13-5-6-13)10-17(25-19(18)30-26-12)14-3-2-4-15(9-14)21(22,23)24/h2-4,9-10,13,28H,5-8,11H2,1H3. The van der Waals surface area contributed by atoms with Gasteiger partial charge in [-0.05, 0) is 43.9 Å². The van der Waals surface area contributed by atoms with E-state index in [1.165, 1.54) is 18.2 Å². The molecule has 0 radical (unpaired) electrons. The van der Waals surface area contributed by atoms with E-state index in [0.29, 0.717) is 23.5 Å². The van der Waals surface area contributed by atoms with Gasteiger partial charge in [-0.2, -0.15) is 13.2 Å². The van der Waals surface area contributed by atoms with E-state index in [4.69, 9.17) is 4.52 Å². The Kier molecular flexibility index (Phi) is 5.23. The molecule has 4 rings (SSSR count). The van der Waals surface area contributed by atoms with E-state index < -0.39 is 11.7 Å². The molecule has 1 saturated carbocycles. The van der Waals surface area contributed by atoms with Crippen LogP contribution in [0.15, 0.2) is 34.9 Å². The van der Waals surface area contributed by atoms with E-state index in [1.54, 1.807) is 11.8 Å². The number of hydrogen-bond donors (Lipinski definition) is 1. The summed E-state index contributed by atoms with van der Waals surface area (Å²) in [4.78, 5) is 19.2. The van der Waals surface area contributed by atoms with Crippen molar-refractivity contribution < 1.29 is 27.6 Å². The Bertz CT molecular complexity index is 1090. The van der Waals surface area contributed by atoms with Gasteiger partial charge in [-0.15, -0.1) is 0 Å². The fourth-order valence-electron chi connectivity index (χ4n) is 3.45. The zero-order chi connectivity index (χ0) is 21.5. The Labute approximate surface area is 170 Å². The average molecular weight is 419 g/mol. The van der Waals surface area contributed by atoms with Gasteiger partial charge in [0.2, 0.25) is 0 Å². The molecule has 30 heavy (non-hydrogen) atoms. The van der Waals surface area contributed by atoms with Gasteiger partial charge in [-0.3, -0.25) is 4.79 Å². The van der Waals surface area contributed by atoms with Crippen LogP contribution in [0, 0.1) is 12.8 Å². The number of rotatable bonds is 6. The lowest BCUT2D eigenvalue weighted by molar-refractivity contribution is -0.137. The highest BCUT2D eigenvalue weighted by molar-refractivity contribution is 6.07. The van der Waals surface area contributed by atoms with Crippen LogP contribution in [0.1, 0.15) is 34.5 Å². The van der Waals surface area contributed by atoms with Gasteiger partial charge in [0.05, 0.1) is 34.5 Å². The van der Waals surface area contributed by atoms with Crippen LogP contribution in [0.3, 0.4) is 0 Å². The molecule has 1 aliphatic carbocycles. The molecule has 2 heterocycles. The number of hydrogen-bond acceptors (Lipinski definition) is 5. The number of halogens is 3. The predicted octanol–water partition coefficient (Wildman–Crippen LogP) is 4.06. The number of aryl methyl sites for hydroxylation is 1. The first-order chi connectivity index (χ1) is 14.3. The minimum absolute atomic E-state index is 0.0844. The fourth-order valence-corrected chi connectivity index (χ4v) is 3.45. The van der Waals surface area contributed by atoms with Crippen LogP contribution in [0.25, 0.3) is 22.4 Å². The first-order valence-corrected chi connectivity index (χ1v) is 9.62. The van der Waals surface area contributed by atoms with E-state index in [1.807, 2.05) is 0 Å². The van der Waals surface area contributed by atoms with E-state index in [-0.39, 0.29) is 41.6 Å². The lowest BCUT2D eigenvalue weighted by Gasteiger charge is -2.22. The summed E-state index contributed by atoms with van der Waals surface area (Å²) in [7, 11) is 0. The highest BCUT2D eigenvalue weighted by Gasteiger charge is 2.31. The second-order valence-corrected chi connectivity index (χ2v) is 7.50. The van der Waals surface area contributed by atoms with Crippen LogP contribution in [-0.2, 0) is 6.18 Å². The quantitative estimate of drug-likeness (QED) is 0.652. The molecular formula is C21H20F3N3O3. The average Bonchev–Trinajstić information content (AvgIpc) is 3.46. The fraction of sp³-hybridized carbons (Fsp3) is 0.381. The molecule has 1 aliphatic rings. The van der Waals surface area contributed by atoms with Crippen LogP contribution >= 0.6 is 0 Å². The number of fused-ring (bicyclic) bond motifs is 1. The summed E-state index contributed by atoms with van der Waals surface area (Å²) >= 11 is 0. The molecular weight excluding hydrogens is 399 g/mol. The van der Waals surface area contributed by atoms with Crippen LogP contribution in [0.4, 0.5) is 13.2 Å². The Morgan fingerprint density at radius 1 is 1.30 bits per heavy atom. The molecule has 0 atom stereocenters. The van der Waals surface area contributed by atoms with Crippen LogP contribution in [0.2, 0.25) is 0 Å². The third-order valence-electron chi connectivity index (χ3n) is 5.17. The van der Waals surface area contributed by atoms with E-state index in [2.05, 4.69) is 10.1 Å². The van der Waals surface area contributed by atoms with Gasteiger partial charge in [-0.25, -0.2) is 4.98 Å². The molecule has 0 unspecified atom stereocenters. The Morgan fingerprint density at radius 3 is 2.73 bits per heavy atom. The number of aliphatic hydroxyl groups is 1. The second kappa shape index (κ2) is 7.71. The maximum Gasteiger partial charge on any atom is 0.416 e. The minimum atomic E-state index is -4.50. The van der Waals surface area contributed by atoms with Crippen molar-refractivity contribution in [2.75, 3.05) is 19.7 Å². The summed E-state index contributed by atoms with van der Waals surface area (Å²) in [6, 6.07) is 6.23. The summed E-state index contributed by atoms with van der Waals surface area (Å²) in [5, 5.41) is 13.7. The largest absolute Gasteiger partial charge is 0.416 e. The van der Waals surface area contributed by atoms with Gasteiger partial charge < -0.3 is 14.5 Å². The van der Waals surface area contributed by atoms with Crippen LogP contribution in [-0.4, -0.2) is 45.8 Å². The Hall–Kier alpha value is -2.94. The first-order valence-electron chi connectivity index (χ1n) is 9.62. The van der Waals surface area contributed by atoms with Crippen molar-refractivity contribution in [3.05, 3.63) is 47.2 Å². The zero-order valence-corrected chi connectivity index (χ0v) is 16.2. The maximum atomic E-state index is 13.3. The summed E-state index contributed by atoms with van der Waals surface area (Å²) in [6.45, 7) is 2.18. The number of carbonyl (C=O) groups excluding carboxylic acids is 1. The number of aliphatic hydroxyl groups excluding tert-OH is 1. The van der Waals surface area contributed by atoms with Gasteiger partial charge in [0.25, 0.3) is 11.6 Å². The van der Waals surface area contributed by atoms with Crippen molar-refractivity contribution in [3.8, 4) is 11.3 Å². The lowest BCUT2D eigenvalue weighted by atomic mass is 10.0. The number of amides is 1. The number of nitrogens with zero attached hydrogens (tertiary/aromatic N) is 3. The van der Waals surface area contributed by atoms with Gasteiger partial charge in [0.15, 0.2) is 0 Å². The molecule has 2 aromatic heterocycles. The molecule has 1 fully saturated rings. The molecule has 9 heteroatoms. The monoisotopic (exact) mass is 419 g/mol. The molecule has 1 aromatic carbocycles. The Morgan fingerprint density at radius 2 is 2.07 bits per heavy atom. The molecule has 0 aliphatic heterocycles. The van der Waals surface area contributed by atoms with Gasteiger partial charge in [0, 0.05) is 18.7 Å². The van der Waals surface area contributed by atoms with Gasteiger partial charge in [-0.1, -0.05) is 17.3 Å². The third kappa shape index (κ3) is 4.02. The highest BCUT2D eigenvalue weighted by Crippen LogP contribution is 2.34. The maximum absolute atomic E-state index is 13.3. The zero-order valence-electron chi connectivity index (χ0n) is 16.2. The summed E-state index contributed by atoms with van der Waals surface area (Å²) in [5.41, 5.74) is 0.390. The van der Waals surface area contributed by atoms with Crippen LogP contribution in [0.5, 0.6) is 0 Å². The lowest BCUT2D eigenvalue weighted by Crippen LogP contribution is -2.35. The van der Waals surface area contributed by atoms with E-state index in [0.717, 1.165) is 25.0 Å². The molecule has 0 bridgehead atoms. The molecule has 6 nitrogen and oxygen atoms in total. The van der Waals surface area contributed by atoms with E-state index in [9.17, 15) is 23.1 Å². The van der Waals surface area contributed by atoms with Gasteiger partial charge in [0.1, 0.15) is 0 Å². The second-order valence-electron chi connectivity index (χ2n) is 7.50. The van der Waals surface area contributed by atoms with Crippen molar-refractivity contribution in [1.29, 1.82) is 0 Å². The molecule has 1 amide bonds. The third-order valence-corrected chi connectivity index (χ3v) is 5.17. The molecule has 0 spiro atoms. The summed E-state index contributed by atoms with van der Waals surface area (Å²) in [6.07, 6.45) is -2.44. The Balaban J connectivity index is 1.81. The molecule has 1 N–H and O–H groups in total. The number of alkyl halides is 3. The van der Waals surface area contributed by atoms with Crippen molar-refractivity contribution in [2.24, 2.45) is 5.92 Å². The SMILES string of the molecule is Cc1noc2nc(-c3cccc(C(F)(F)F)c3)cc(C(=O)N(CCO)CC3CC3)c12. The number of benzene rings is 1. The van der Waals surface area contributed by atoms with Gasteiger partial charge >= 0.3 is 6.18 Å². The van der Waals surface area contributed by atoms with E-state index >= 15 is 0 Å². The predicted molar refractivity (Wildman–Crippen MR) is 103 cm³/mol. The number of pyridine rings is 1. The number of carbonyl (C=O) groups is 1. The van der Waals surface area contributed by atoms with Crippen molar-refractivity contribution in [1.82, 2.24) is 15.0 Å². The van der Waals surface area contributed by atoms with Crippen molar-refractivity contribution in [2.45, 2.75) is 25.9 Å². The smallest absolute Gasteiger partial charge is 0.395 e. The van der Waals surface area contributed by atoms with Crippen molar-refractivity contribution in [3.63, 3.8) is 0 Å². The summed E-state index contributed by atoms with van der Waals surface area (Å²) in [5.74, 6) is 0.0761. The highest BCUT2D eigenvalue weighted by atomic mass is 19.4. The minimum Gasteiger partial charge on any atom is -0.395 e. The normalized spacial score (nSPS) is 14.3. The van der Waals surface area contributed by atoms with Crippen molar-refractivity contribution >= 4 is 17.0 Å². The van der Waals surface area contributed by atoms with Crippen LogP contribution < -0.4 is 0 Å². The molecule has 158 valence electrons. The molecule has 0 saturated heterocycles. The molecule has 3 aromatic rings. The summed E-state index contributed by atoms with van der Waals surface area (Å²) < 4.78 is 44.6. The number of aromatic nitrogens is 2.